The Hall–Kier alpha value is -0.870. The van der Waals surface area contributed by atoms with Crippen LogP contribution in [0.3, 0.4) is 0 Å². The maximum Gasteiger partial charge on any atom is 0.0540 e. The van der Waals surface area contributed by atoms with Crippen molar-refractivity contribution in [1.82, 2.24) is 20.0 Å². The van der Waals surface area contributed by atoms with Crippen LogP contribution in [0.2, 0.25) is 0 Å². The van der Waals surface area contributed by atoms with E-state index in [-0.39, 0.29) is 0 Å². The second kappa shape index (κ2) is 5.85. The number of aromatic nitrogens is 2. The summed E-state index contributed by atoms with van der Waals surface area (Å²) in [5.41, 5.74) is 2.83. The van der Waals surface area contributed by atoms with E-state index in [1.165, 1.54) is 36.9 Å². The van der Waals surface area contributed by atoms with Gasteiger partial charge in [-0.25, -0.2) is 0 Å². The molecule has 0 fully saturated rings. The largest absolute Gasteiger partial charge is 0.309 e. The molecule has 1 N–H and O–H groups in total. The van der Waals surface area contributed by atoms with Crippen molar-refractivity contribution >= 4 is 0 Å². The monoisotopic (exact) mass is 250 g/mol. The molecule has 0 saturated heterocycles. The third kappa shape index (κ3) is 3.12. The minimum Gasteiger partial charge on any atom is -0.309 e. The first-order valence-electron chi connectivity index (χ1n) is 6.99. The topological polar surface area (TPSA) is 33.1 Å². The molecule has 1 aromatic heterocycles. The summed E-state index contributed by atoms with van der Waals surface area (Å²) < 4.78 is 2.04. The maximum atomic E-state index is 4.40. The van der Waals surface area contributed by atoms with Crippen molar-refractivity contribution in [3.63, 3.8) is 0 Å². The molecule has 4 nitrogen and oxygen atoms in total. The van der Waals surface area contributed by atoms with Crippen molar-refractivity contribution in [2.45, 2.75) is 44.7 Å². The summed E-state index contributed by atoms with van der Waals surface area (Å²) in [6, 6.07) is 1.06. The van der Waals surface area contributed by atoms with Gasteiger partial charge < -0.3 is 10.2 Å². The predicted octanol–water partition coefficient (Wildman–Crippen LogP) is 1.73. The lowest BCUT2D eigenvalue weighted by Gasteiger charge is -2.27. The van der Waals surface area contributed by atoms with E-state index in [0.29, 0.717) is 12.1 Å². The zero-order valence-electron chi connectivity index (χ0n) is 12.1. The second-order valence-electron chi connectivity index (χ2n) is 5.77. The zero-order chi connectivity index (χ0) is 13.1. The molecule has 0 radical (unpaired) electrons. The highest BCUT2D eigenvalue weighted by Gasteiger charge is 2.24. The average Bonchev–Trinajstić information content (AvgIpc) is 2.70. The lowest BCUT2D eigenvalue weighted by Crippen LogP contribution is -2.34. The SMILES string of the molecule is CC(CCN(C)C)NC1CCCc2c1cnn2C. The van der Waals surface area contributed by atoms with Crippen molar-refractivity contribution in [1.29, 1.82) is 0 Å². The van der Waals surface area contributed by atoms with E-state index in [9.17, 15) is 0 Å². The number of rotatable bonds is 5. The highest BCUT2D eigenvalue weighted by Crippen LogP contribution is 2.29. The van der Waals surface area contributed by atoms with Crippen LogP contribution in [0.5, 0.6) is 0 Å². The molecule has 0 saturated carbocycles. The van der Waals surface area contributed by atoms with E-state index in [2.05, 4.69) is 43.4 Å². The lowest BCUT2D eigenvalue weighted by molar-refractivity contribution is 0.337. The molecule has 1 aliphatic carbocycles. The van der Waals surface area contributed by atoms with Crippen LogP contribution in [0, 0.1) is 0 Å². The fourth-order valence-electron chi connectivity index (χ4n) is 2.76. The first kappa shape index (κ1) is 13.6. The maximum absolute atomic E-state index is 4.40. The van der Waals surface area contributed by atoms with Gasteiger partial charge in [-0.1, -0.05) is 0 Å². The molecule has 2 atom stereocenters. The Balaban J connectivity index is 1.94. The fourth-order valence-corrected chi connectivity index (χ4v) is 2.76. The number of nitrogens with zero attached hydrogens (tertiary/aromatic N) is 3. The van der Waals surface area contributed by atoms with Gasteiger partial charge in [0.05, 0.1) is 6.20 Å². The van der Waals surface area contributed by atoms with Gasteiger partial charge in [-0.3, -0.25) is 4.68 Å². The normalized spacial score (nSPS) is 21.1. The zero-order valence-corrected chi connectivity index (χ0v) is 12.1. The summed E-state index contributed by atoms with van der Waals surface area (Å²) in [5.74, 6) is 0. The highest BCUT2D eigenvalue weighted by molar-refractivity contribution is 5.24. The minimum absolute atomic E-state index is 0.500. The van der Waals surface area contributed by atoms with Gasteiger partial charge in [-0.05, 0) is 53.2 Å². The van der Waals surface area contributed by atoms with Crippen molar-refractivity contribution in [2.75, 3.05) is 20.6 Å². The molecule has 4 heteroatoms. The summed E-state index contributed by atoms with van der Waals surface area (Å²) in [7, 11) is 6.32. The van der Waals surface area contributed by atoms with Gasteiger partial charge in [-0.2, -0.15) is 5.10 Å². The van der Waals surface area contributed by atoms with Crippen LogP contribution in [-0.4, -0.2) is 41.4 Å². The minimum atomic E-state index is 0.500. The van der Waals surface area contributed by atoms with E-state index < -0.39 is 0 Å². The Labute approximate surface area is 110 Å². The van der Waals surface area contributed by atoms with E-state index in [1.54, 1.807) is 0 Å². The summed E-state index contributed by atoms with van der Waals surface area (Å²) in [6.07, 6.45) is 6.93. The van der Waals surface area contributed by atoms with Crippen LogP contribution in [0.1, 0.15) is 43.5 Å². The van der Waals surface area contributed by atoms with Crippen LogP contribution < -0.4 is 5.32 Å². The third-order valence-corrected chi connectivity index (χ3v) is 3.87. The molecule has 18 heavy (non-hydrogen) atoms. The summed E-state index contributed by atoms with van der Waals surface area (Å²) in [5, 5.41) is 8.16. The molecule has 0 bridgehead atoms. The standard InChI is InChI=1S/C14H26N4/c1-11(8-9-17(2)3)16-13-6-5-7-14-12(13)10-15-18(14)4/h10-11,13,16H,5-9H2,1-4H3. The molecule has 2 rings (SSSR count). The van der Waals surface area contributed by atoms with Gasteiger partial charge in [0.2, 0.25) is 0 Å². The average molecular weight is 250 g/mol. The quantitative estimate of drug-likeness (QED) is 0.864. The fraction of sp³-hybridized carbons (Fsp3) is 0.786. The molecule has 0 aliphatic heterocycles. The molecule has 1 aliphatic rings. The summed E-state index contributed by atoms with van der Waals surface area (Å²) in [6.45, 7) is 3.43. The van der Waals surface area contributed by atoms with E-state index in [1.807, 2.05) is 10.9 Å². The molecular weight excluding hydrogens is 224 g/mol. The van der Waals surface area contributed by atoms with Gasteiger partial charge in [0, 0.05) is 30.4 Å². The first-order valence-corrected chi connectivity index (χ1v) is 6.99. The lowest BCUT2D eigenvalue weighted by atomic mass is 9.92. The van der Waals surface area contributed by atoms with Gasteiger partial charge in [0.25, 0.3) is 0 Å². The second-order valence-corrected chi connectivity index (χ2v) is 5.77. The Kier molecular flexibility index (Phi) is 4.40. The Bertz CT molecular complexity index is 383. The Morgan fingerprint density at radius 1 is 1.56 bits per heavy atom. The van der Waals surface area contributed by atoms with Crippen LogP contribution >= 0.6 is 0 Å². The third-order valence-electron chi connectivity index (χ3n) is 3.87. The van der Waals surface area contributed by atoms with Crippen LogP contribution in [0.4, 0.5) is 0 Å². The molecule has 0 amide bonds. The predicted molar refractivity (Wildman–Crippen MR) is 74.7 cm³/mol. The van der Waals surface area contributed by atoms with Crippen molar-refractivity contribution in [3.8, 4) is 0 Å². The molecule has 1 heterocycles. The van der Waals surface area contributed by atoms with E-state index in [4.69, 9.17) is 0 Å². The number of fused-ring (bicyclic) bond motifs is 1. The molecule has 2 unspecified atom stereocenters. The van der Waals surface area contributed by atoms with Gasteiger partial charge in [0.15, 0.2) is 0 Å². The number of hydrogen-bond acceptors (Lipinski definition) is 3. The van der Waals surface area contributed by atoms with Gasteiger partial charge >= 0.3 is 0 Å². The van der Waals surface area contributed by atoms with E-state index >= 15 is 0 Å². The van der Waals surface area contributed by atoms with Crippen molar-refractivity contribution in [2.24, 2.45) is 7.05 Å². The van der Waals surface area contributed by atoms with Crippen LogP contribution in [0.15, 0.2) is 6.20 Å². The summed E-state index contributed by atoms with van der Waals surface area (Å²) >= 11 is 0. The van der Waals surface area contributed by atoms with Crippen molar-refractivity contribution in [3.05, 3.63) is 17.5 Å². The molecule has 1 aromatic rings. The smallest absolute Gasteiger partial charge is 0.0540 e. The molecule has 0 aromatic carbocycles. The molecular formula is C14H26N4. The van der Waals surface area contributed by atoms with Gasteiger partial charge in [-0.15, -0.1) is 0 Å². The highest BCUT2D eigenvalue weighted by atomic mass is 15.3. The van der Waals surface area contributed by atoms with Gasteiger partial charge in [0.1, 0.15) is 0 Å². The number of hydrogen-bond donors (Lipinski definition) is 1. The van der Waals surface area contributed by atoms with Crippen molar-refractivity contribution < 1.29 is 0 Å². The first-order chi connectivity index (χ1) is 8.58. The number of nitrogens with one attached hydrogen (secondary N) is 1. The molecule has 102 valence electrons. The Morgan fingerprint density at radius 2 is 2.33 bits per heavy atom. The van der Waals surface area contributed by atoms with Crippen LogP contribution in [-0.2, 0) is 13.5 Å². The van der Waals surface area contributed by atoms with Crippen LogP contribution in [0.25, 0.3) is 0 Å². The summed E-state index contributed by atoms with van der Waals surface area (Å²) in [4.78, 5) is 2.24. The van der Waals surface area contributed by atoms with E-state index in [0.717, 1.165) is 6.54 Å². The molecule has 0 spiro atoms. The Morgan fingerprint density at radius 3 is 3.06 bits per heavy atom. The number of aryl methyl sites for hydroxylation is 1.